The number of halogens is 1. The second kappa shape index (κ2) is 7.84. The average Bonchev–Trinajstić information content (AvgIpc) is 2.47. The summed E-state index contributed by atoms with van der Waals surface area (Å²) in [4.78, 5) is 12.9. The van der Waals surface area contributed by atoms with Gasteiger partial charge in [-0.05, 0) is 34.5 Å². The minimum Gasteiger partial charge on any atom is -0.379 e. The summed E-state index contributed by atoms with van der Waals surface area (Å²) in [6.07, 6.45) is 0. The van der Waals surface area contributed by atoms with Crippen LogP contribution in [0.4, 0.5) is 5.69 Å². The van der Waals surface area contributed by atoms with Crippen molar-refractivity contribution in [1.29, 1.82) is 0 Å². The molecular formula is C14H20BrN3O3. The van der Waals surface area contributed by atoms with Crippen molar-refractivity contribution in [3.05, 3.63) is 38.3 Å². The van der Waals surface area contributed by atoms with E-state index in [1.807, 2.05) is 6.07 Å². The van der Waals surface area contributed by atoms with Gasteiger partial charge in [-0.2, -0.15) is 0 Å². The molecule has 1 unspecified atom stereocenters. The van der Waals surface area contributed by atoms with Crippen LogP contribution in [0.15, 0.2) is 22.7 Å². The molecule has 1 fully saturated rings. The molecule has 0 bridgehead atoms. The van der Waals surface area contributed by atoms with E-state index in [0.717, 1.165) is 38.4 Å². The quantitative estimate of drug-likeness (QED) is 0.624. The maximum atomic E-state index is 10.9. The molecule has 0 aliphatic carbocycles. The third-order valence-electron chi connectivity index (χ3n) is 3.50. The number of nitro groups is 1. The molecule has 0 spiro atoms. The van der Waals surface area contributed by atoms with Crippen molar-refractivity contribution in [1.82, 2.24) is 10.2 Å². The first kappa shape index (κ1) is 16.4. The Morgan fingerprint density at radius 2 is 2.19 bits per heavy atom. The Morgan fingerprint density at radius 3 is 2.86 bits per heavy atom. The van der Waals surface area contributed by atoms with Gasteiger partial charge in [0.05, 0.1) is 22.6 Å². The minimum absolute atomic E-state index is 0.107. The topological polar surface area (TPSA) is 67.6 Å². The van der Waals surface area contributed by atoms with Gasteiger partial charge in [-0.15, -0.1) is 0 Å². The van der Waals surface area contributed by atoms with Crippen LogP contribution >= 0.6 is 15.9 Å². The third-order valence-corrected chi connectivity index (χ3v) is 4.17. The number of hydrogen-bond acceptors (Lipinski definition) is 5. The number of benzene rings is 1. The second-order valence-electron chi connectivity index (χ2n) is 5.24. The van der Waals surface area contributed by atoms with Gasteiger partial charge in [0.15, 0.2) is 0 Å². The highest BCUT2D eigenvalue weighted by Crippen LogP contribution is 2.25. The second-order valence-corrected chi connectivity index (χ2v) is 6.09. The van der Waals surface area contributed by atoms with Crippen LogP contribution in [-0.2, 0) is 11.3 Å². The number of morpholine rings is 1. The number of rotatable bonds is 6. The van der Waals surface area contributed by atoms with Crippen LogP contribution in [0.2, 0.25) is 0 Å². The first-order chi connectivity index (χ1) is 10.1. The van der Waals surface area contributed by atoms with Crippen LogP contribution in [0.5, 0.6) is 0 Å². The molecule has 0 saturated carbocycles. The van der Waals surface area contributed by atoms with Gasteiger partial charge in [-0.25, -0.2) is 0 Å². The van der Waals surface area contributed by atoms with Crippen molar-refractivity contribution in [3.8, 4) is 0 Å². The fraction of sp³-hybridized carbons (Fsp3) is 0.571. The highest BCUT2D eigenvalue weighted by atomic mass is 79.9. The molecule has 6 nitrogen and oxygen atoms in total. The molecule has 21 heavy (non-hydrogen) atoms. The molecule has 2 rings (SSSR count). The predicted molar refractivity (Wildman–Crippen MR) is 84.4 cm³/mol. The summed E-state index contributed by atoms with van der Waals surface area (Å²) in [6, 6.07) is 5.55. The lowest BCUT2D eigenvalue weighted by Crippen LogP contribution is -2.44. The minimum atomic E-state index is -0.370. The van der Waals surface area contributed by atoms with Crippen LogP contribution in [0.1, 0.15) is 12.5 Å². The molecule has 0 amide bonds. The SMILES string of the molecule is CC(CN1CCOCC1)NCc1ccc(Br)c([N+](=O)[O-])c1. The number of nitrogens with one attached hydrogen (secondary N) is 1. The Balaban J connectivity index is 1.84. The Labute approximate surface area is 132 Å². The summed E-state index contributed by atoms with van der Waals surface area (Å²) in [5.74, 6) is 0. The molecule has 7 heteroatoms. The molecule has 1 saturated heterocycles. The zero-order valence-electron chi connectivity index (χ0n) is 12.0. The summed E-state index contributed by atoms with van der Waals surface area (Å²) in [6.45, 7) is 7.24. The van der Waals surface area contributed by atoms with Crippen molar-refractivity contribution in [2.24, 2.45) is 0 Å². The van der Waals surface area contributed by atoms with E-state index in [-0.39, 0.29) is 10.6 Å². The number of hydrogen-bond donors (Lipinski definition) is 1. The van der Waals surface area contributed by atoms with Crippen molar-refractivity contribution in [3.63, 3.8) is 0 Å². The van der Waals surface area contributed by atoms with Gasteiger partial charge in [0.25, 0.3) is 5.69 Å². The van der Waals surface area contributed by atoms with Gasteiger partial charge < -0.3 is 10.1 Å². The maximum Gasteiger partial charge on any atom is 0.283 e. The molecule has 0 aromatic heterocycles. The summed E-state index contributed by atoms with van der Waals surface area (Å²) >= 11 is 3.20. The molecular weight excluding hydrogens is 338 g/mol. The lowest BCUT2D eigenvalue weighted by atomic mass is 10.2. The maximum absolute atomic E-state index is 10.9. The van der Waals surface area contributed by atoms with Crippen LogP contribution < -0.4 is 5.32 Å². The predicted octanol–water partition coefficient (Wildman–Crippen LogP) is 2.17. The molecule has 1 N–H and O–H groups in total. The van der Waals surface area contributed by atoms with Gasteiger partial charge in [-0.1, -0.05) is 6.07 Å². The van der Waals surface area contributed by atoms with Crippen molar-refractivity contribution >= 4 is 21.6 Å². The highest BCUT2D eigenvalue weighted by Gasteiger charge is 2.15. The largest absolute Gasteiger partial charge is 0.379 e. The van der Waals surface area contributed by atoms with Crippen molar-refractivity contribution < 1.29 is 9.66 Å². The lowest BCUT2D eigenvalue weighted by Gasteiger charge is -2.29. The Morgan fingerprint density at radius 1 is 1.48 bits per heavy atom. The molecule has 1 aliphatic rings. The summed E-state index contributed by atoms with van der Waals surface area (Å²) in [7, 11) is 0. The molecule has 0 radical (unpaired) electrons. The standard InChI is InChI=1S/C14H20BrN3O3/c1-11(10-17-4-6-21-7-5-17)16-9-12-2-3-13(15)14(8-12)18(19)20/h2-3,8,11,16H,4-7,9-10H2,1H3. The zero-order chi connectivity index (χ0) is 15.2. The average molecular weight is 358 g/mol. The fourth-order valence-electron chi connectivity index (χ4n) is 2.34. The third kappa shape index (κ3) is 5.03. The normalized spacial score (nSPS) is 17.6. The van der Waals surface area contributed by atoms with Crippen molar-refractivity contribution in [2.75, 3.05) is 32.8 Å². The van der Waals surface area contributed by atoms with Crippen LogP contribution in [0, 0.1) is 10.1 Å². The molecule has 1 heterocycles. The van der Waals surface area contributed by atoms with Gasteiger partial charge in [0, 0.05) is 38.3 Å². The smallest absolute Gasteiger partial charge is 0.283 e. The van der Waals surface area contributed by atoms with E-state index in [9.17, 15) is 10.1 Å². The molecule has 1 aromatic carbocycles. The number of nitro benzene ring substituents is 1. The van der Waals surface area contributed by atoms with E-state index in [2.05, 4.69) is 33.1 Å². The Kier molecular flexibility index (Phi) is 6.10. The van der Waals surface area contributed by atoms with Crippen LogP contribution in [0.3, 0.4) is 0 Å². The zero-order valence-corrected chi connectivity index (χ0v) is 13.6. The van der Waals surface area contributed by atoms with E-state index in [4.69, 9.17) is 4.74 Å². The fourth-order valence-corrected chi connectivity index (χ4v) is 2.73. The molecule has 1 atom stereocenters. The Hall–Kier alpha value is -1.02. The molecule has 1 aliphatic heterocycles. The molecule has 116 valence electrons. The summed E-state index contributed by atoms with van der Waals surface area (Å²) < 4.78 is 5.84. The van der Waals surface area contributed by atoms with Crippen LogP contribution in [0.25, 0.3) is 0 Å². The van der Waals surface area contributed by atoms with Gasteiger partial charge in [0.2, 0.25) is 0 Å². The first-order valence-electron chi connectivity index (χ1n) is 7.02. The van der Waals surface area contributed by atoms with E-state index >= 15 is 0 Å². The monoisotopic (exact) mass is 357 g/mol. The number of nitrogens with zero attached hydrogens (tertiary/aromatic N) is 2. The van der Waals surface area contributed by atoms with Gasteiger partial charge >= 0.3 is 0 Å². The highest BCUT2D eigenvalue weighted by molar-refractivity contribution is 9.10. The van der Waals surface area contributed by atoms with E-state index in [1.54, 1.807) is 12.1 Å². The van der Waals surface area contributed by atoms with Crippen molar-refractivity contribution in [2.45, 2.75) is 19.5 Å². The lowest BCUT2D eigenvalue weighted by molar-refractivity contribution is -0.385. The van der Waals surface area contributed by atoms with E-state index in [1.165, 1.54) is 0 Å². The first-order valence-corrected chi connectivity index (χ1v) is 7.82. The summed E-state index contributed by atoms with van der Waals surface area (Å²) in [5.41, 5.74) is 1.02. The van der Waals surface area contributed by atoms with E-state index in [0.29, 0.717) is 17.1 Å². The van der Waals surface area contributed by atoms with Gasteiger partial charge in [-0.3, -0.25) is 15.0 Å². The number of ether oxygens (including phenoxy) is 1. The van der Waals surface area contributed by atoms with Crippen LogP contribution in [-0.4, -0.2) is 48.7 Å². The molecule has 1 aromatic rings. The van der Waals surface area contributed by atoms with Gasteiger partial charge in [0.1, 0.15) is 0 Å². The van der Waals surface area contributed by atoms with E-state index < -0.39 is 0 Å². The Bertz CT molecular complexity index is 492. The summed E-state index contributed by atoms with van der Waals surface area (Å²) in [5, 5.41) is 14.3.